The van der Waals surface area contributed by atoms with E-state index in [0.717, 1.165) is 80.7 Å². The van der Waals surface area contributed by atoms with Crippen molar-refractivity contribution in [2.75, 3.05) is 65.1 Å². The molecular formula is C36H59N5O7S. The lowest BCUT2D eigenvalue weighted by atomic mass is 10.0. The molecule has 0 aliphatic heterocycles. The second-order valence-corrected chi connectivity index (χ2v) is 14.4. The third-order valence-corrected chi connectivity index (χ3v) is 9.82. The summed E-state index contributed by atoms with van der Waals surface area (Å²) in [7, 11) is 0.296. The Bertz CT molecular complexity index is 1390. The fourth-order valence-electron chi connectivity index (χ4n) is 5.38. The van der Waals surface area contributed by atoms with Gasteiger partial charge in [-0.25, -0.2) is 13.1 Å². The molecule has 5 N–H and O–H groups in total. The van der Waals surface area contributed by atoms with Crippen LogP contribution in [0.15, 0.2) is 41.3 Å². The summed E-state index contributed by atoms with van der Waals surface area (Å²) in [6.45, 7) is 4.17. The first-order valence-electron chi connectivity index (χ1n) is 17.7. The molecule has 2 aromatic carbocycles. The average molecular weight is 706 g/mol. The highest BCUT2D eigenvalue weighted by atomic mass is 32.2. The number of rotatable bonds is 28. The first-order chi connectivity index (χ1) is 23.5. The largest absolute Gasteiger partial charge is 0.377 e. The van der Waals surface area contributed by atoms with Crippen molar-refractivity contribution in [3.05, 3.63) is 36.4 Å². The van der Waals surface area contributed by atoms with E-state index >= 15 is 0 Å². The molecule has 0 saturated carbocycles. The van der Waals surface area contributed by atoms with Gasteiger partial charge in [0.15, 0.2) is 0 Å². The van der Waals surface area contributed by atoms with Crippen LogP contribution in [0.5, 0.6) is 0 Å². The van der Waals surface area contributed by atoms with Crippen LogP contribution in [-0.2, 0) is 33.9 Å². The van der Waals surface area contributed by atoms with E-state index in [0.29, 0.717) is 57.2 Å². The van der Waals surface area contributed by atoms with E-state index in [1.54, 1.807) is 19.1 Å². The van der Waals surface area contributed by atoms with Crippen molar-refractivity contribution in [3.63, 3.8) is 0 Å². The number of anilines is 1. The number of carbonyl (C=O) groups excluding carboxylic acids is 3. The summed E-state index contributed by atoms with van der Waals surface area (Å²) in [5.41, 5.74) is 6.21. The van der Waals surface area contributed by atoms with Crippen molar-refractivity contribution >= 4 is 44.2 Å². The predicted molar refractivity (Wildman–Crippen MR) is 195 cm³/mol. The predicted octanol–water partition coefficient (Wildman–Crippen LogP) is 4.25. The molecule has 13 heteroatoms. The lowest BCUT2D eigenvalue weighted by molar-refractivity contribution is -0.126. The lowest BCUT2D eigenvalue weighted by Crippen LogP contribution is -2.29. The lowest BCUT2D eigenvalue weighted by Gasteiger charge is -2.17. The maximum absolute atomic E-state index is 13.0. The molecular weight excluding hydrogens is 646 g/mol. The number of unbranched alkanes of at least 4 members (excludes halogenated alkanes) is 8. The zero-order chi connectivity index (χ0) is 35.9. The molecule has 2 aromatic rings. The smallest absolute Gasteiger partial charge is 0.245 e. The number of benzene rings is 2. The number of hydrogen-bond acceptors (Lipinski definition) is 8. The highest BCUT2D eigenvalue weighted by Crippen LogP contribution is 2.30. The van der Waals surface area contributed by atoms with E-state index in [1.165, 1.54) is 0 Å². The van der Waals surface area contributed by atoms with Crippen LogP contribution in [-0.4, -0.2) is 86.3 Å². The summed E-state index contributed by atoms with van der Waals surface area (Å²) in [5.74, 6) is -0.620. The maximum atomic E-state index is 13.0. The van der Waals surface area contributed by atoms with Crippen molar-refractivity contribution in [3.8, 4) is 0 Å². The van der Waals surface area contributed by atoms with Crippen LogP contribution >= 0.6 is 0 Å². The number of hydrogen-bond donors (Lipinski definition) is 4. The Balaban J connectivity index is 1.38. The third-order valence-electron chi connectivity index (χ3n) is 8.30. The molecule has 12 nitrogen and oxygen atoms in total. The van der Waals surface area contributed by atoms with E-state index in [-0.39, 0.29) is 30.2 Å². The maximum Gasteiger partial charge on any atom is 0.245 e. The molecule has 1 atom stereocenters. The number of fused-ring (bicyclic) bond motifs is 1. The van der Waals surface area contributed by atoms with Gasteiger partial charge in [0, 0.05) is 62.5 Å². The Labute approximate surface area is 293 Å². The van der Waals surface area contributed by atoms with Crippen LogP contribution in [0.4, 0.5) is 5.69 Å². The number of carbonyl (C=O) groups is 3. The molecule has 3 amide bonds. The molecule has 0 aliphatic rings. The summed E-state index contributed by atoms with van der Waals surface area (Å²) in [5, 5.41) is 7.28. The van der Waals surface area contributed by atoms with Gasteiger partial charge in [-0.2, -0.15) is 0 Å². The SMILES string of the molecule is C[C@@H](CCCCNC(=O)COCCOCCNC(=O)CCCCCCCCCCNS(=O)(=O)c1cccc2c(N(C)C)cccc12)C(N)=O. The van der Waals surface area contributed by atoms with Gasteiger partial charge in [-0.05, 0) is 37.8 Å². The number of nitrogens with zero attached hydrogens (tertiary/aromatic N) is 1. The van der Waals surface area contributed by atoms with Crippen molar-refractivity contribution < 1.29 is 32.3 Å². The minimum Gasteiger partial charge on any atom is -0.377 e. The second kappa shape index (κ2) is 24.0. The van der Waals surface area contributed by atoms with E-state index in [9.17, 15) is 22.8 Å². The van der Waals surface area contributed by atoms with Crippen LogP contribution in [0.1, 0.15) is 84.0 Å². The van der Waals surface area contributed by atoms with Crippen molar-refractivity contribution in [2.24, 2.45) is 11.7 Å². The topological polar surface area (TPSA) is 169 Å². The van der Waals surface area contributed by atoms with Crippen molar-refractivity contribution in [2.45, 2.75) is 88.9 Å². The summed E-state index contributed by atoms with van der Waals surface area (Å²) < 4.78 is 39.6. The molecule has 0 fully saturated rings. The van der Waals surface area contributed by atoms with Gasteiger partial charge in [0.2, 0.25) is 27.7 Å². The van der Waals surface area contributed by atoms with E-state index in [4.69, 9.17) is 15.2 Å². The Morgan fingerprint density at radius 1 is 0.735 bits per heavy atom. The van der Waals surface area contributed by atoms with Crippen molar-refractivity contribution in [1.29, 1.82) is 0 Å². The van der Waals surface area contributed by atoms with Crippen LogP contribution in [0.25, 0.3) is 10.8 Å². The highest BCUT2D eigenvalue weighted by molar-refractivity contribution is 7.89. The molecule has 0 saturated heterocycles. The van der Waals surface area contributed by atoms with Gasteiger partial charge in [-0.1, -0.05) is 76.1 Å². The second-order valence-electron chi connectivity index (χ2n) is 12.7. The molecule has 0 radical (unpaired) electrons. The van der Waals surface area contributed by atoms with Gasteiger partial charge in [-0.3, -0.25) is 14.4 Å². The molecule has 0 unspecified atom stereocenters. The number of sulfonamides is 1. The number of ether oxygens (including phenoxy) is 2. The van der Waals surface area contributed by atoms with E-state index in [2.05, 4.69) is 15.4 Å². The van der Waals surface area contributed by atoms with Gasteiger partial charge >= 0.3 is 0 Å². The average Bonchev–Trinajstić information content (AvgIpc) is 3.07. The summed E-state index contributed by atoms with van der Waals surface area (Å²) in [6, 6.07) is 11.1. The van der Waals surface area contributed by atoms with Crippen molar-refractivity contribution in [1.82, 2.24) is 15.4 Å². The normalized spacial score (nSPS) is 12.1. The molecule has 2 rings (SSSR count). The van der Waals surface area contributed by atoms with Gasteiger partial charge in [0.05, 0.1) is 24.7 Å². The third kappa shape index (κ3) is 17.3. The Morgan fingerprint density at radius 2 is 1.35 bits per heavy atom. The Hall–Kier alpha value is -3.26. The first kappa shape index (κ1) is 41.9. The van der Waals surface area contributed by atoms with Crippen LogP contribution in [0.3, 0.4) is 0 Å². The van der Waals surface area contributed by atoms with Gasteiger partial charge < -0.3 is 30.7 Å². The number of amides is 3. The van der Waals surface area contributed by atoms with E-state index in [1.807, 2.05) is 43.3 Å². The minimum atomic E-state index is -3.60. The summed E-state index contributed by atoms with van der Waals surface area (Å²) in [4.78, 5) is 37.1. The number of nitrogens with one attached hydrogen (secondary N) is 3. The molecule has 0 heterocycles. The number of nitrogens with two attached hydrogens (primary N) is 1. The first-order valence-corrected chi connectivity index (χ1v) is 19.2. The highest BCUT2D eigenvalue weighted by Gasteiger charge is 2.18. The Kier molecular flexibility index (Phi) is 20.5. The molecule has 49 heavy (non-hydrogen) atoms. The molecule has 0 spiro atoms. The molecule has 0 bridgehead atoms. The molecule has 0 aromatic heterocycles. The van der Waals surface area contributed by atoms with Gasteiger partial charge in [0.1, 0.15) is 6.61 Å². The zero-order valence-corrected chi connectivity index (χ0v) is 30.6. The summed E-state index contributed by atoms with van der Waals surface area (Å²) in [6.07, 6.45) is 10.8. The van der Waals surface area contributed by atoms with Gasteiger partial charge in [-0.15, -0.1) is 0 Å². The van der Waals surface area contributed by atoms with Crippen LogP contribution in [0, 0.1) is 5.92 Å². The Morgan fingerprint density at radius 3 is 2.06 bits per heavy atom. The quantitative estimate of drug-likeness (QED) is 0.0953. The number of primary amides is 1. The molecule has 0 aliphatic carbocycles. The van der Waals surface area contributed by atoms with Crippen LogP contribution < -0.4 is 26.0 Å². The minimum absolute atomic E-state index is 0.0182. The molecule has 276 valence electrons. The fraction of sp³-hybridized carbons (Fsp3) is 0.639. The summed E-state index contributed by atoms with van der Waals surface area (Å²) >= 11 is 0. The fourth-order valence-corrected chi connectivity index (χ4v) is 6.67. The van der Waals surface area contributed by atoms with E-state index < -0.39 is 10.0 Å². The zero-order valence-electron chi connectivity index (χ0n) is 29.8. The standard InChI is InChI=1S/C36H59N5O7S/c1-29(36(37)44)16-11-13-22-38-35(43)28-48-27-26-47-25-24-39-34(42)21-10-8-6-4-5-7-9-12-23-40-49(45,46)33-20-15-17-30-31(33)18-14-19-32(30)41(2)3/h14-15,17-20,29,40H,4-13,16,21-28H2,1-3H3,(H2,37,44)(H,38,43)(H,39,42)/t29-/m0/s1. The monoisotopic (exact) mass is 705 g/mol. The van der Waals surface area contributed by atoms with Crippen LogP contribution in [0.2, 0.25) is 0 Å². The van der Waals surface area contributed by atoms with Gasteiger partial charge in [0.25, 0.3) is 0 Å².